The molecule has 2 aromatic heterocycles. The number of alkyl halides is 4. The summed E-state index contributed by atoms with van der Waals surface area (Å²) >= 11 is 0. The van der Waals surface area contributed by atoms with Crippen molar-refractivity contribution in [3.05, 3.63) is 60.0 Å². The van der Waals surface area contributed by atoms with E-state index < -0.39 is 18.9 Å². The first kappa shape index (κ1) is 28.3. The number of hydrogen-bond donors (Lipinski definition) is 1. The van der Waals surface area contributed by atoms with E-state index in [4.69, 9.17) is 4.52 Å². The molecule has 0 radical (unpaired) electrons. The van der Waals surface area contributed by atoms with Crippen LogP contribution in [0.5, 0.6) is 0 Å². The molecular formula is C28H29F4N7O2. The molecule has 1 atom stereocenters. The first-order valence-electron chi connectivity index (χ1n) is 13.0. The number of aliphatic imine (C=N–C) groups is 1. The van der Waals surface area contributed by atoms with Crippen LogP contribution in [-0.2, 0) is 13.1 Å². The lowest BCUT2D eigenvalue weighted by atomic mass is 10.1. The highest BCUT2D eigenvalue weighted by atomic mass is 19.4. The molecule has 1 fully saturated rings. The van der Waals surface area contributed by atoms with E-state index in [9.17, 15) is 22.4 Å². The van der Waals surface area contributed by atoms with E-state index >= 15 is 0 Å². The molecule has 1 amide bonds. The molecule has 9 nitrogen and oxygen atoms in total. The number of likely N-dealkylation sites (tertiary alicyclic amines) is 1. The Bertz CT molecular complexity index is 1570. The standard InChI is InChI=1S/C28H29F4N7O2/c1-37(2)18-9-7-17(8-10-18)27(40)33-14-25-35-26(36-41-25)24-13-19-21(34-22-11-12-38(3)15-20(22)29)5-4-6-23(19)39(24)16-28(30,31)32/h4-10,13,20H,11-12,14-16H2,1-3H3,(H,33,40)/b34-22+/t20-/m0/s1. The van der Waals surface area contributed by atoms with Crippen molar-refractivity contribution in [3.8, 4) is 11.5 Å². The first-order chi connectivity index (χ1) is 19.5. The van der Waals surface area contributed by atoms with E-state index in [0.29, 0.717) is 35.3 Å². The van der Waals surface area contributed by atoms with Gasteiger partial charge in [-0.1, -0.05) is 11.2 Å². The maximum Gasteiger partial charge on any atom is 0.406 e. The van der Waals surface area contributed by atoms with Gasteiger partial charge in [-0.05, 0) is 49.5 Å². The third kappa shape index (κ3) is 6.40. The van der Waals surface area contributed by atoms with Gasteiger partial charge in [0.25, 0.3) is 5.91 Å². The van der Waals surface area contributed by atoms with Crippen LogP contribution in [0.4, 0.5) is 28.9 Å². The van der Waals surface area contributed by atoms with Crippen LogP contribution in [-0.4, -0.2) is 77.8 Å². The first-order valence-corrected chi connectivity index (χ1v) is 13.0. The quantitative estimate of drug-likeness (QED) is 0.314. The summed E-state index contributed by atoms with van der Waals surface area (Å²) in [6, 6.07) is 13.2. The number of hydrogen-bond acceptors (Lipinski definition) is 7. The normalized spacial score (nSPS) is 17.3. The Balaban J connectivity index is 1.43. The molecule has 0 aliphatic carbocycles. The van der Waals surface area contributed by atoms with Crippen molar-refractivity contribution < 1.29 is 26.9 Å². The molecule has 216 valence electrons. The average Bonchev–Trinajstić information content (AvgIpc) is 3.53. The van der Waals surface area contributed by atoms with E-state index in [1.165, 1.54) is 6.07 Å². The maximum absolute atomic E-state index is 14.7. The fourth-order valence-corrected chi connectivity index (χ4v) is 4.71. The van der Waals surface area contributed by atoms with E-state index in [1.807, 2.05) is 30.9 Å². The second-order valence-corrected chi connectivity index (χ2v) is 10.2. The van der Waals surface area contributed by atoms with Gasteiger partial charge in [0.2, 0.25) is 11.7 Å². The minimum absolute atomic E-state index is 0.0224. The Labute approximate surface area is 233 Å². The van der Waals surface area contributed by atoms with Crippen LogP contribution in [0.3, 0.4) is 0 Å². The summed E-state index contributed by atoms with van der Waals surface area (Å²) in [5, 5.41) is 6.97. The minimum Gasteiger partial charge on any atom is -0.378 e. The molecule has 4 aromatic rings. The number of anilines is 1. The Morgan fingerprint density at radius 1 is 1.20 bits per heavy atom. The maximum atomic E-state index is 14.7. The molecule has 0 saturated carbocycles. The molecule has 1 aliphatic heterocycles. The predicted molar refractivity (Wildman–Crippen MR) is 147 cm³/mol. The number of carbonyl (C=O) groups is 1. The predicted octanol–water partition coefficient (Wildman–Crippen LogP) is 5.00. The molecule has 3 heterocycles. The molecular weight excluding hydrogens is 542 g/mol. The van der Waals surface area contributed by atoms with Gasteiger partial charge in [0.1, 0.15) is 6.54 Å². The van der Waals surface area contributed by atoms with Gasteiger partial charge in [-0.3, -0.25) is 9.79 Å². The van der Waals surface area contributed by atoms with E-state index in [0.717, 1.165) is 10.3 Å². The second-order valence-electron chi connectivity index (χ2n) is 10.2. The van der Waals surface area contributed by atoms with Gasteiger partial charge in [0.15, 0.2) is 6.17 Å². The number of benzene rings is 2. The summed E-state index contributed by atoms with van der Waals surface area (Å²) in [6.45, 7) is -0.574. The van der Waals surface area contributed by atoms with Crippen LogP contribution >= 0.6 is 0 Å². The molecule has 41 heavy (non-hydrogen) atoms. The van der Waals surface area contributed by atoms with Crippen LogP contribution in [0.15, 0.2) is 58.0 Å². The lowest BCUT2D eigenvalue weighted by molar-refractivity contribution is -0.139. The molecule has 1 N–H and O–H groups in total. The lowest BCUT2D eigenvalue weighted by Crippen LogP contribution is -2.39. The topological polar surface area (TPSA) is 91.8 Å². The van der Waals surface area contributed by atoms with Crippen LogP contribution in [0.2, 0.25) is 0 Å². The number of piperidine rings is 1. The second kappa shape index (κ2) is 11.3. The van der Waals surface area contributed by atoms with Crippen molar-refractivity contribution in [2.45, 2.75) is 31.9 Å². The summed E-state index contributed by atoms with van der Waals surface area (Å²) in [5.41, 5.74) is 2.39. The van der Waals surface area contributed by atoms with Crippen LogP contribution in [0.25, 0.3) is 22.4 Å². The van der Waals surface area contributed by atoms with Gasteiger partial charge >= 0.3 is 6.18 Å². The Morgan fingerprint density at radius 3 is 2.63 bits per heavy atom. The number of fused-ring (bicyclic) bond motifs is 1. The van der Waals surface area contributed by atoms with Crippen LogP contribution < -0.4 is 10.2 Å². The van der Waals surface area contributed by atoms with Crippen LogP contribution in [0.1, 0.15) is 22.7 Å². The molecule has 13 heteroatoms. The van der Waals surface area contributed by atoms with Crippen molar-refractivity contribution in [1.29, 1.82) is 0 Å². The number of carbonyl (C=O) groups excluding carboxylic acids is 1. The highest BCUT2D eigenvalue weighted by molar-refractivity contribution is 5.99. The van der Waals surface area contributed by atoms with Crippen molar-refractivity contribution in [2.75, 3.05) is 39.1 Å². The molecule has 0 spiro atoms. The van der Waals surface area contributed by atoms with Gasteiger partial charge in [-0.15, -0.1) is 0 Å². The third-order valence-electron chi connectivity index (χ3n) is 6.85. The number of amides is 1. The zero-order valence-electron chi connectivity index (χ0n) is 22.7. The van der Waals surface area contributed by atoms with Crippen molar-refractivity contribution in [3.63, 3.8) is 0 Å². The van der Waals surface area contributed by atoms with Crippen molar-refractivity contribution in [1.82, 2.24) is 24.9 Å². The highest BCUT2D eigenvalue weighted by Gasteiger charge is 2.31. The fraction of sp³-hybridized carbons (Fsp3) is 0.357. The monoisotopic (exact) mass is 571 g/mol. The fourth-order valence-electron chi connectivity index (χ4n) is 4.71. The van der Waals surface area contributed by atoms with E-state index in [-0.39, 0.29) is 41.9 Å². The summed E-state index contributed by atoms with van der Waals surface area (Å²) < 4.78 is 61.8. The zero-order chi connectivity index (χ0) is 29.3. The summed E-state index contributed by atoms with van der Waals surface area (Å²) in [5.74, 6) is -0.425. The van der Waals surface area contributed by atoms with E-state index in [2.05, 4.69) is 20.4 Å². The van der Waals surface area contributed by atoms with Crippen LogP contribution in [0, 0.1) is 0 Å². The highest BCUT2D eigenvalue weighted by Crippen LogP contribution is 2.35. The minimum atomic E-state index is -4.54. The summed E-state index contributed by atoms with van der Waals surface area (Å²) in [4.78, 5) is 25.1. The summed E-state index contributed by atoms with van der Waals surface area (Å²) in [6.07, 6.45) is -5.38. The van der Waals surface area contributed by atoms with Crippen molar-refractivity contribution >= 4 is 33.9 Å². The molecule has 5 rings (SSSR count). The molecule has 0 unspecified atom stereocenters. The third-order valence-corrected chi connectivity index (χ3v) is 6.85. The van der Waals surface area contributed by atoms with Gasteiger partial charge in [-0.25, -0.2) is 4.39 Å². The van der Waals surface area contributed by atoms with Gasteiger partial charge in [0.05, 0.1) is 29.2 Å². The Hall–Kier alpha value is -4.26. The van der Waals surface area contributed by atoms with Gasteiger partial charge in [0, 0.05) is 50.2 Å². The average molecular weight is 572 g/mol. The Morgan fingerprint density at radius 2 is 1.95 bits per heavy atom. The molecule has 0 bridgehead atoms. The van der Waals surface area contributed by atoms with Gasteiger partial charge < -0.3 is 24.2 Å². The van der Waals surface area contributed by atoms with Gasteiger partial charge in [-0.2, -0.15) is 18.2 Å². The number of halogens is 4. The number of nitrogens with one attached hydrogen (secondary N) is 1. The largest absolute Gasteiger partial charge is 0.406 e. The zero-order valence-corrected chi connectivity index (χ0v) is 22.7. The van der Waals surface area contributed by atoms with Crippen molar-refractivity contribution in [2.24, 2.45) is 4.99 Å². The summed E-state index contributed by atoms with van der Waals surface area (Å²) in [7, 11) is 5.60. The molecule has 1 aliphatic rings. The molecule has 1 saturated heterocycles. The van der Waals surface area contributed by atoms with E-state index in [1.54, 1.807) is 42.5 Å². The molecule has 2 aromatic carbocycles. The smallest absolute Gasteiger partial charge is 0.378 e. The Kier molecular flexibility index (Phi) is 7.80. The number of aromatic nitrogens is 3. The SMILES string of the molecule is CN1CC/C(=N\c2cccc3c2cc(-c2noc(CNC(=O)c4ccc(N(C)C)cc4)n2)n3CC(F)(F)F)[C@@H](F)C1. The number of nitrogens with zero attached hydrogens (tertiary/aromatic N) is 6. The number of rotatable bonds is 7. The lowest BCUT2D eigenvalue weighted by Gasteiger charge is -2.26.